The number of aromatic nitrogens is 5. The lowest BCUT2D eigenvalue weighted by molar-refractivity contribution is -0.138. The molecule has 4 heterocycles. The SMILES string of the molecule is CC(C(=O)O)c1cccc(C(=O)NCc2ccc(-n3c(-c4cccnc4N)nc4ccc(-c5ccccc5)nc43)cc2)n1. The van der Waals surface area contributed by atoms with Crippen LogP contribution in [-0.2, 0) is 11.3 Å². The van der Waals surface area contributed by atoms with Crippen LogP contribution in [0, 0.1) is 0 Å². The maximum absolute atomic E-state index is 12.8. The maximum atomic E-state index is 12.8. The van der Waals surface area contributed by atoms with Gasteiger partial charge in [0, 0.05) is 24.0 Å². The smallest absolute Gasteiger partial charge is 0.312 e. The first-order valence-corrected chi connectivity index (χ1v) is 13.6. The van der Waals surface area contributed by atoms with Crippen molar-refractivity contribution in [1.82, 2.24) is 29.8 Å². The van der Waals surface area contributed by atoms with Crippen LogP contribution < -0.4 is 11.1 Å². The molecule has 0 fully saturated rings. The molecule has 10 nitrogen and oxygen atoms in total. The highest BCUT2D eigenvalue weighted by atomic mass is 16.4. The van der Waals surface area contributed by atoms with E-state index in [1.165, 1.54) is 6.92 Å². The van der Waals surface area contributed by atoms with E-state index in [9.17, 15) is 14.7 Å². The standard InChI is InChI=1S/C33H27N7O3/c1-20(33(42)43)25-10-5-11-28(37-25)32(41)36-19-21-12-14-23(15-13-21)40-30(24-9-6-18-35-29(24)34)39-27-17-16-26(38-31(27)40)22-7-3-2-4-8-22/h2-18,20H,19H2,1H3,(H2,34,35)(H,36,41)(H,42,43). The summed E-state index contributed by atoms with van der Waals surface area (Å²) < 4.78 is 1.95. The van der Waals surface area contributed by atoms with E-state index >= 15 is 0 Å². The number of carbonyl (C=O) groups is 2. The number of carboxylic acid groups (broad SMARTS) is 1. The summed E-state index contributed by atoms with van der Waals surface area (Å²) in [6, 6.07) is 30.0. The lowest BCUT2D eigenvalue weighted by Crippen LogP contribution is -2.24. The Bertz CT molecular complexity index is 1950. The molecule has 1 unspecified atom stereocenters. The van der Waals surface area contributed by atoms with Gasteiger partial charge in [-0.15, -0.1) is 0 Å². The first-order valence-electron chi connectivity index (χ1n) is 13.6. The molecule has 4 aromatic heterocycles. The van der Waals surface area contributed by atoms with Gasteiger partial charge in [0.05, 0.1) is 22.9 Å². The Labute approximate surface area is 246 Å². The van der Waals surface area contributed by atoms with Gasteiger partial charge in [-0.2, -0.15) is 0 Å². The quantitative estimate of drug-likeness (QED) is 0.225. The van der Waals surface area contributed by atoms with Gasteiger partial charge >= 0.3 is 5.97 Å². The van der Waals surface area contributed by atoms with E-state index in [0.717, 1.165) is 22.5 Å². The first kappa shape index (κ1) is 27.3. The number of carbonyl (C=O) groups excluding carboxylic acids is 1. The van der Waals surface area contributed by atoms with Crippen molar-refractivity contribution in [2.75, 3.05) is 5.73 Å². The van der Waals surface area contributed by atoms with Crippen LogP contribution >= 0.6 is 0 Å². The highest BCUT2D eigenvalue weighted by molar-refractivity contribution is 5.92. The van der Waals surface area contributed by atoms with Gasteiger partial charge < -0.3 is 16.2 Å². The zero-order valence-corrected chi connectivity index (χ0v) is 23.2. The normalized spacial score (nSPS) is 11.7. The number of pyridine rings is 3. The molecule has 0 bridgehead atoms. The second-order valence-electron chi connectivity index (χ2n) is 9.97. The molecule has 43 heavy (non-hydrogen) atoms. The van der Waals surface area contributed by atoms with E-state index in [1.807, 2.05) is 83.4 Å². The summed E-state index contributed by atoms with van der Waals surface area (Å²) in [5, 5.41) is 12.1. The Hall–Kier alpha value is -5.90. The molecule has 10 heteroatoms. The number of fused-ring (bicyclic) bond motifs is 1. The van der Waals surface area contributed by atoms with Crippen molar-refractivity contribution < 1.29 is 14.7 Å². The number of anilines is 1. The predicted octanol–water partition coefficient (Wildman–Crippen LogP) is 5.24. The van der Waals surface area contributed by atoms with Crippen LogP contribution in [0.4, 0.5) is 5.82 Å². The number of nitrogens with zero attached hydrogens (tertiary/aromatic N) is 5. The number of amides is 1. The zero-order chi connectivity index (χ0) is 29.9. The van der Waals surface area contributed by atoms with Crippen molar-refractivity contribution in [2.45, 2.75) is 19.4 Å². The second kappa shape index (κ2) is 11.5. The number of hydrogen-bond acceptors (Lipinski definition) is 7. The van der Waals surface area contributed by atoms with Crippen molar-refractivity contribution in [2.24, 2.45) is 0 Å². The molecule has 0 saturated carbocycles. The van der Waals surface area contributed by atoms with Crippen LogP contribution in [0.25, 0.3) is 39.5 Å². The fraction of sp³-hybridized carbons (Fsp3) is 0.0909. The van der Waals surface area contributed by atoms with Crippen molar-refractivity contribution in [3.05, 3.63) is 120 Å². The number of benzene rings is 2. The van der Waals surface area contributed by atoms with E-state index in [2.05, 4.69) is 15.3 Å². The zero-order valence-electron chi connectivity index (χ0n) is 23.2. The van der Waals surface area contributed by atoms with E-state index in [0.29, 0.717) is 34.1 Å². The number of aliphatic carboxylic acids is 1. The Balaban J connectivity index is 1.31. The minimum atomic E-state index is -1.00. The molecule has 212 valence electrons. The van der Waals surface area contributed by atoms with Crippen LogP contribution in [0.2, 0.25) is 0 Å². The van der Waals surface area contributed by atoms with E-state index in [1.54, 1.807) is 24.4 Å². The van der Waals surface area contributed by atoms with Crippen molar-refractivity contribution in [3.8, 4) is 28.3 Å². The minimum Gasteiger partial charge on any atom is -0.481 e. The second-order valence-corrected chi connectivity index (χ2v) is 9.97. The van der Waals surface area contributed by atoms with E-state index in [4.69, 9.17) is 15.7 Å². The number of hydrogen-bond donors (Lipinski definition) is 3. The molecule has 1 amide bonds. The summed E-state index contributed by atoms with van der Waals surface area (Å²) in [6.07, 6.45) is 1.64. The van der Waals surface area contributed by atoms with E-state index in [-0.39, 0.29) is 12.2 Å². The van der Waals surface area contributed by atoms with Crippen LogP contribution in [0.1, 0.15) is 34.6 Å². The van der Waals surface area contributed by atoms with Crippen molar-refractivity contribution in [1.29, 1.82) is 0 Å². The Morgan fingerprint density at radius 1 is 0.884 bits per heavy atom. The average Bonchev–Trinajstić information content (AvgIpc) is 3.42. The summed E-state index contributed by atoms with van der Waals surface area (Å²) in [7, 11) is 0. The van der Waals surface area contributed by atoms with Gasteiger partial charge in [-0.05, 0) is 61.0 Å². The molecule has 0 radical (unpaired) electrons. The number of rotatable bonds is 8. The topological polar surface area (TPSA) is 149 Å². The highest BCUT2D eigenvalue weighted by Crippen LogP contribution is 2.31. The molecule has 1 atom stereocenters. The summed E-state index contributed by atoms with van der Waals surface area (Å²) in [6.45, 7) is 1.78. The number of nitrogens with two attached hydrogens (primary N) is 1. The van der Waals surface area contributed by atoms with Crippen LogP contribution in [-0.4, -0.2) is 41.5 Å². The van der Waals surface area contributed by atoms with Gasteiger partial charge in [0.2, 0.25) is 0 Å². The summed E-state index contributed by atoms with van der Waals surface area (Å²) in [5.41, 5.74) is 12.3. The number of nitrogen functional groups attached to an aromatic ring is 1. The fourth-order valence-electron chi connectivity index (χ4n) is 4.74. The molecule has 0 spiro atoms. The predicted molar refractivity (Wildman–Crippen MR) is 163 cm³/mol. The minimum absolute atomic E-state index is 0.158. The number of nitrogens with one attached hydrogen (secondary N) is 1. The van der Waals surface area contributed by atoms with Gasteiger partial charge in [-0.1, -0.05) is 48.5 Å². The molecule has 6 rings (SSSR count). The lowest BCUT2D eigenvalue weighted by Gasteiger charge is -2.12. The lowest BCUT2D eigenvalue weighted by atomic mass is 10.1. The van der Waals surface area contributed by atoms with Crippen molar-refractivity contribution in [3.63, 3.8) is 0 Å². The van der Waals surface area contributed by atoms with Crippen LogP contribution in [0.5, 0.6) is 0 Å². The van der Waals surface area contributed by atoms with Crippen molar-refractivity contribution >= 4 is 28.9 Å². The maximum Gasteiger partial charge on any atom is 0.312 e. The molecular formula is C33H27N7O3. The third-order valence-corrected chi connectivity index (χ3v) is 7.12. The third kappa shape index (κ3) is 5.53. The Morgan fingerprint density at radius 2 is 1.67 bits per heavy atom. The monoisotopic (exact) mass is 569 g/mol. The van der Waals surface area contributed by atoms with Gasteiger partial charge in [-0.3, -0.25) is 14.2 Å². The summed E-state index contributed by atoms with van der Waals surface area (Å²) in [4.78, 5) is 42.5. The molecule has 6 aromatic rings. The number of imidazole rings is 1. The molecule has 0 aliphatic heterocycles. The molecule has 0 saturated heterocycles. The van der Waals surface area contributed by atoms with Gasteiger partial charge in [0.1, 0.15) is 17.0 Å². The highest BCUT2D eigenvalue weighted by Gasteiger charge is 2.19. The molecular weight excluding hydrogens is 542 g/mol. The Morgan fingerprint density at radius 3 is 2.42 bits per heavy atom. The summed E-state index contributed by atoms with van der Waals surface area (Å²) in [5.74, 6) is -1.24. The van der Waals surface area contributed by atoms with Crippen LogP contribution in [0.3, 0.4) is 0 Å². The van der Waals surface area contributed by atoms with Crippen LogP contribution in [0.15, 0.2) is 103 Å². The molecule has 4 N–H and O–H groups in total. The van der Waals surface area contributed by atoms with E-state index < -0.39 is 17.8 Å². The first-order chi connectivity index (χ1) is 20.9. The largest absolute Gasteiger partial charge is 0.481 e. The van der Waals surface area contributed by atoms with Gasteiger partial charge in [0.15, 0.2) is 11.5 Å². The Kier molecular flexibility index (Phi) is 7.32. The molecule has 2 aromatic carbocycles. The molecule has 0 aliphatic rings. The third-order valence-electron chi connectivity index (χ3n) is 7.12. The summed E-state index contributed by atoms with van der Waals surface area (Å²) >= 11 is 0. The average molecular weight is 570 g/mol. The van der Waals surface area contributed by atoms with Gasteiger partial charge in [0.25, 0.3) is 5.91 Å². The number of carboxylic acids is 1. The fourth-order valence-corrected chi connectivity index (χ4v) is 4.74. The molecule has 0 aliphatic carbocycles. The van der Waals surface area contributed by atoms with Gasteiger partial charge in [-0.25, -0.2) is 19.9 Å².